The van der Waals surface area contributed by atoms with Crippen molar-refractivity contribution in [3.05, 3.63) is 32.1 Å². The molecular formula is C13H19N3O8. The Morgan fingerprint density at radius 3 is 2.12 bits per heavy atom. The molecular weight excluding hydrogens is 326 g/mol. The summed E-state index contributed by atoms with van der Waals surface area (Å²) in [7, 11) is 0. The van der Waals surface area contributed by atoms with E-state index in [4.69, 9.17) is 15.3 Å². The molecule has 0 aliphatic rings. The van der Waals surface area contributed by atoms with Crippen molar-refractivity contribution < 1.29 is 29.7 Å². The first kappa shape index (κ1) is 21.0. The zero-order valence-electron chi connectivity index (χ0n) is 13.1. The number of hydrogen-bond acceptors (Lipinski definition) is 6. The van der Waals surface area contributed by atoms with E-state index in [1.165, 1.54) is 6.92 Å². The number of aliphatic hydroxyl groups is 1. The fraction of sp³-hybridized carbons (Fsp3) is 0.462. The maximum Gasteiger partial charge on any atom is 0.326 e. The fourth-order valence-electron chi connectivity index (χ4n) is 1.59. The van der Waals surface area contributed by atoms with E-state index in [0.717, 1.165) is 0 Å². The number of hydrogen-bond donors (Lipinski definition) is 6. The van der Waals surface area contributed by atoms with Crippen molar-refractivity contribution >= 4 is 17.8 Å². The summed E-state index contributed by atoms with van der Waals surface area (Å²) in [6.45, 7) is 2.37. The number of rotatable bonds is 6. The van der Waals surface area contributed by atoms with Crippen LogP contribution >= 0.6 is 0 Å². The van der Waals surface area contributed by atoms with E-state index >= 15 is 0 Å². The first-order valence-electron chi connectivity index (χ1n) is 6.73. The molecule has 0 saturated heterocycles. The molecule has 1 aromatic rings. The average molecular weight is 345 g/mol. The summed E-state index contributed by atoms with van der Waals surface area (Å²) in [6, 6.07) is -1.12. The van der Waals surface area contributed by atoms with Crippen LogP contribution in [0.5, 0.6) is 0 Å². The summed E-state index contributed by atoms with van der Waals surface area (Å²) in [5.74, 6) is -2.80. The molecule has 0 bridgehead atoms. The predicted octanol–water partition coefficient (Wildman–Crippen LogP) is -1.70. The van der Waals surface area contributed by atoms with Crippen LogP contribution in [-0.2, 0) is 21.0 Å². The summed E-state index contributed by atoms with van der Waals surface area (Å²) in [5, 5.41) is 27.6. The molecule has 1 rings (SSSR count). The summed E-state index contributed by atoms with van der Waals surface area (Å²) < 4.78 is 0. The molecule has 0 saturated carbocycles. The average Bonchev–Trinajstić information content (AvgIpc) is 2.42. The van der Waals surface area contributed by atoms with Gasteiger partial charge in [0, 0.05) is 19.0 Å². The standard InChI is InChI=1S/C7H11NO5.C6H8N2O3/c1-4(9)8-5(7(12)13)2-3-6(10)11;1-3-4(2-9)5(10)8-6(11)7-3/h5H,2-3H2,1H3,(H,8,9)(H,10,11)(H,12,13);9H,2H2,1H3,(H2,7,8,10,11). The lowest BCUT2D eigenvalue weighted by Gasteiger charge is -2.10. The minimum absolute atomic E-state index is 0.107. The van der Waals surface area contributed by atoms with E-state index in [0.29, 0.717) is 5.69 Å². The van der Waals surface area contributed by atoms with Crippen molar-refractivity contribution in [3.63, 3.8) is 0 Å². The lowest BCUT2D eigenvalue weighted by Crippen LogP contribution is -2.39. The molecule has 11 nitrogen and oxygen atoms in total. The molecule has 1 unspecified atom stereocenters. The summed E-state index contributed by atoms with van der Waals surface area (Å²) >= 11 is 0. The number of nitrogens with one attached hydrogen (secondary N) is 3. The molecule has 0 fully saturated rings. The van der Waals surface area contributed by atoms with E-state index < -0.39 is 35.1 Å². The van der Waals surface area contributed by atoms with Gasteiger partial charge in [0.2, 0.25) is 5.91 Å². The summed E-state index contributed by atoms with van der Waals surface area (Å²) in [6.07, 6.45) is -0.387. The monoisotopic (exact) mass is 345 g/mol. The minimum Gasteiger partial charge on any atom is -0.481 e. The van der Waals surface area contributed by atoms with Crippen LogP contribution in [0.25, 0.3) is 0 Å². The Morgan fingerprint density at radius 1 is 1.17 bits per heavy atom. The number of aryl methyl sites for hydroxylation is 1. The number of aromatic amines is 2. The van der Waals surface area contributed by atoms with Crippen LogP contribution in [0, 0.1) is 6.92 Å². The Labute approximate surface area is 135 Å². The fourth-order valence-corrected chi connectivity index (χ4v) is 1.59. The van der Waals surface area contributed by atoms with Gasteiger partial charge < -0.3 is 25.6 Å². The zero-order chi connectivity index (χ0) is 18.9. The summed E-state index contributed by atoms with van der Waals surface area (Å²) in [4.78, 5) is 56.8. The van der Waals surface area contributed by atoms with Crippen molar-refractivity contribution in [2.75, 3.05) is 0 Å². The van der Waals surface area contributed by atoms with Gasteiger partial charge in [-0.2, -0.15) is 0 Å². The minimum atomic E-state index is -1.23. The number of carboxylic acid groups (broad SMARTS) is 2. The number of H-pyrrole nitrogens is 2. The first-order chi connectivity index (χ1) is 11.1. The van der Waals surface area contributed by atoms with Crippen LogP contribution < -0.4 is 16.6 Å². The molecule has 0 aliphatic carbocycles. The maximum absolute atomic E-state index is 10.9. The van der Waals surface area contributed by atoms with Gasteiger partial charge in [0.25, 0.3) is 5.56 Å². The van der Waals surface area contributed by atoms with Crippen LogP contribution in [0.15, 0.2) is 9.59 Å². The second-order valence-electron chi connectivity index (χ2n) is 4.69. The number of aliphatic hydroxyl groups excluding tert-OH is 1. The maximum atomic E-state index is 10.9. The third-order valence-corrected chi connectivity index (χ3v) is 2.74. The molecule has 0 aliphatic heterocycles. The van der Waals surface area contributed by atoms with Gasteiger partial charge >= 0.3 is 17.6 Å². The topological polar surface area (TPSA) is 190 Å². The lowest BCUT2D eigenvalue weighted by atomic mass is 10.1. The Hall–Kier alpha value is -2.95. The van der Waals surface area contributed by atoms with Gasteiger partial charge in [-0.25, -0.2) is 9.59 Å². The van der Waals surface area contributed by atoms with E-state index in [1.807, 2.05) is 4.98 Å². The van der Waals surface area contributed by atoms with Gasteiger partial charge in [-0.05, 0) is 13.3 Å². The number of aliphatic carboxylic acids is 2. The van der Waals surface area contributed by atoms with Crippen molar-refractivity contribution in [3.8, 4) is 0 Å². The third kappa shape index (κ3) is 7.89. The third-order valence-electron chi connectivity index (χ3n) is 2.74. The van der Waals surface area contributed by atoms with Gasteiger partial charge in [-0.1, -0.05) is 0 Å². The van der Waals surface area contributed by atoms with Crippen LogP contribution in [0.3, 0.4) is 0 Å². The molecule has 6 N–H and O–H groups in total. The second kappa shape index (κ2) is 9.94. The normalized spacial score (nSPS) is 11.0. The van der Waals surface area contributed by atoms with Crippen molar-refractivity contribution in [2.24, 2.45) is 0 Å². The molecule has 1 amide bonds. The van der Waals surface area contributed by atoms with Crippen LogP contribution in [0.1, 0.15) is 31.0 Å². The summed E-state index contributed by atoms with van der Waals surface area (Å²) in [5.41, 5.74) is -0.482. The van der Waals surface area contributed by atoms with Crippen molar-refractivity contribution in [2.45, 2.75) is 39.3 Å². The van der Waals surface area contributed by atoms with Crippen LogP contribution in [0.2, 0.25) is 0 Å². The van der Waals surface area contributed by atoms with E-state index in [9.17, 15) is 24.0 Å². The molecule has 0 spiro atoms. The van der Waals surface area contributed by atoms with Gasteiger partial charge in [-0.3, -0.25) is 19.4 Å². The molecule has 1 aromatic heterocycles. The molecule has 0 radical (unpaired) electrons. The quantitative estimate of drug-likeness (QED) is 0.351. The number of aromatic nitrogens is 2. The predicted molar refractivity (Wildman–Crippen MR) is 80.5 cm³/mol. The Morgan fingerprint density at radius 2 is 1.75 bits per heavy atom. The van der Waals surface area contributed by atoms with Crippen LogP contribution in [-0.4, -0.2) is 49.2 Å². The molecule has 134 valence electrons. The zero-order valence-corrected chi connectivity index (χ0v) is 13.1. The lowest BCUT2D eigenvalue weighted by molar-refractivity contribution is -0.142. The highest BCUT2D eigenvalue weighted by molar-refractivity contribution is 5.82. The molecule has 1 heterocycles. The van der Waals surface area contributed by atoms with Crippen molar-refractivity contribution in [1.29, 1.82) is 0 Å². The van der Waals surface area contributed by atoms with Crippen molar-refractivity contribution in [1.82, 2.24) is 15.3 Å². The molecule has 11 heteroatoms. The first-order valence-corrected chi connectivity index (χ1v) is 6.73. The smallest absolute Gasteiger partial charge is 0.326 e. The van der Waals surface area contributed by atoms with Gasteiger partial charge in [-0.15, -0.1) is 0 Å². The number of carboxylic acids is 2. The molecule has 24 heavy (non-hydrogen) atoms. The van der Waals surface area contributed by atoms with E-state index in [-0.39, 0.29) is 25.0 Å². The number of carbonyl (C=O) groups is 3. The highest BCUT2D eigenvalue weighted by Crippen LogP contribution is 1.97. The van der Waals surface area contributed by atoms with E-state index in [2.05, 4.69) is 10.3 Å². The number of amides is 1. The second-order valence-corrected chi connectivity index (χ2v) is 4.69. The van der Waals surface area contributed by atoms with Gasteiger partial charge in [0.05, 0.1) is 12.2 Å². The molecule has 1 atom stereocenters. The highest BCUT2D eigenvalue weighted by Gasteiger charge is 2.18. The SMILES string of the molecule is CC(=O)NC(CCC(=O)O)C(=O)O.Cc1[nH]c(=O)[nH]c(=O)c1CO. The number of carbonyl (C=O) groups excluding carboxylic acids is 1. The van der Waals surface area contributed by atoms with Crippen LogP contribution in [0.4, 0.5) is 0 Å². The Balaban J connectivity index is 0.000000446. The highest BCUT2D eigenvalue weighted by atomic mass is 16.4. The Kier molecular flexibility index (Phi) is 8.72. The Bertz CT molecular complexity index is 706. The molecule has 0 aromatic carbocycles. The van der Waals surface area contributed by atoms with Gasteiger partial charge in [0.15, 0.2) is 0 Å². The largest absolute Gasteiger partial charge is 0.481 e. The van der Waals surface area contributed by atoms with E-state index in [1.54, 1.807) is 6.92 Å². The van der Waals surface area contributed by atoms with Gasteiger partial charge in [0.1, 0.15) is 6.04 Å².